The first kappa shape index (κ1) is 37.7. The third-order valence-electron chi connectivity index (χ3n) is 9.70. The summed E-state index contributed by atoms with van der Waals surface area (Å²) < 4.78 is 39.1. The predicted molar refractivity (Wildman–Crippen MR) is 198 cm³/mol. The molecule has 0 spiro atoms. The molecule has 49 heavy (non-hydrogen) atoms. The monoisotopic (exact) mass is 667 g/mol. The van der Waals surface area contributed by atoms with Crippen LogP contribution < -0.4 is 5.32 Å². The first-order valence-corrected chi connectivity index (χ1v) is 17.1. The average molecular weight is 668 g/mol. The fourth-order valence-corrected chi connectivity index (χ4v) is 7.33. The number of rotatable bonds is 11. The molecule has 6 heteroatoms. The number of halogens is 3. The molecule has 0 bridgehead atoms. The van der Waals surface area contributed by atoms with Crippen molar-refractivity contribution in [2.45, 2.75) is 90.4 Å². The molecule has 1 saturated heterocycles. The Labute approximate surface area is 292 Å². The minimum atomic E-state index is -4.31. The van der Waals surface area contributed by atoms with Gasteiger partial charge in [-0.1, -0.05) is 124 Å². The fraction of sp³-hybridized carbons (Fsp3) is 0.372. The van der Waals surface area contributed by atoms with Gasteiger partial charge in [0.25, 0.3) is 0 Å². The number of pyridine rings is 1. The van der Waals surface area contributed by atoms with E-state index in [1.807, 2.05) is 67.7 Å². The Balaban J connectivity index is 0.000000268. The summed E-state index contributed by atoms with van der Waals surface area (Å²) in [6, 6.07) is 31.4. The Morgan fingerprint density at radius 1 is 0.878 bits per heavy atom. The van der Waals surface area contributed by atoms with Gasteiger partial charge in [0.15, 0.2) is 0 Å². The number of alkyl halides is 3. The van der Waals surface area contributed by atoms with Gasteiger partial charge in [-0.25, -0.2) is 0 Å². The zero-order chi connectivity index (χ0) is 34.1. The molecule has 0 amide bonds. The van der Waals surface area contributed by atoms with E-state index in [2.05, 4.69) is 71.7 Å². The highest BCUT2D eigenvalue weighted by Gasteiger charge is 2.45. The molecule has 3 nitrogen and oxygen atoms in total. The van der Waals surface area contributed by atoms with Gasteiger partial charge < -0.3 is 5.32 Å². The van der Waals surface area contributed by atoms with Gasteiger partial charge in [-0.15, -0.1) is 0 Å². The van der Waals surface area contributed by atoms with Crippen molar-refractivity contribution in [3.63, 3.8) is 0 Å². The summed E-state index contributed by atoms with van der Waals surface area (Å²) in [6.07, 6.45) is 4.77. The highest BCUT2D eigenvalue weighted by molar-refractivity contribution is 5.82. The number of hydrogen-bond donors (Lipinski definition) is 1. The van der Waals surface area contributed by atoms with Gasteiger partial charge in [-0.3, -0.25) is 9.88 Å². The lowest BCUT2D eigenvalue weighted by Crippen LogP contribution is -2.39. The molecule has 2 heterocycles. The number of benzene rings is 3. The number of nitrogens with one attached hydrogen (secondary N) is 1. The van der Waals surface area contributed by atoms with Crippen molar-refractivity contribution in [1.82, 2.24) is 15.2 Å². The van der Waals surface area contributed by atoms with Gasteiger partial charge in [0.05, 0.1) is 5.41 Å². The maximum absolute atomic E-state index is 13.0. The summed E-state index contributed by atoms with van der Waals surface area (Å²) in [7, 11) is 0. The molecule has 260 valence electrons. The van der Waals surface area contributed by atoms with Crippen LogP contribution in [0.4, 0.5) is 13.2 Å². The summed E-state index contributed by atoms with van der Waals surface area (Å²) >= 11 is 0. The van der Waals surface area contributed by atoms with E-state index in [0.29, 0.717) is 18.2 Å². The van der Waals surface area contributed by atoms with Gasteiger partial charge in [-0.2, -0.15) is 13.2 Å². The van der Waals surface area contributed by atoms with E-state index >= 15 is 0 Å². The lowest BCUT2D eigenvalue weighted by molar-refractivity contribution is -0.123. The van der Waals surface area contributed by atoms with Crippen molar-refractivity contribution in [1.29, 1.82) is 0 Å². The van der Waals surface area contributed by atoms with E-state index in [1.165, 1.54) is 36.9 Å². The van der Waals surface area contributed by atoms with Crippen LogP contribution in [0.25, 0.3) is 11.1 Å². The van der Waals surface area contributed by atoms with Gasteiger partial charge in [-0.05, 0) is 91.9 Å². The van der Waals surface area contributed by atoms with Crippen LogP contribution in [0.5, 0.6) is 0 Å². The number of fused-ring (bicyclic) bond motifs is 3. The zero-order valence-corrected chi connectivity index (χ0v) is 28.3. The van der Waals surface area contributed by atoms with Crippen LogP contribution in [0.1, 0.15) is 80.8 Å². The molecule has 3 aromatic carbocycles. The number of aryl methyl sites for hydroxylation is 2. The van der Waals surface area contributed by atoms with Crippen LogP contribution in [0.3, 0.4) is 0 Å². The maximum Gasteiger partial charge on any atom is 0.405 e. The van der Waals surface area contributed by atoms with Crippen LogP contribution in [0.2, 0.25) is 0 Å². The van der Waals surface area contributed by atoms with E-state index in [0.717, 1.165) is 59.3 Å². The van der Waals surface area contributed by atoms with Gasteiger partial charge in [0, 0.05) is 30.2 Å². The molecule has 1 aromatic heterocycles. The minimum Gasteiger partial charge on any atom is -0.379 e. The minimum absolute atomic E-state index is 0. The van der Waals surface area contributed by atoms with E-state index in [9.17, 15) is 13.2 Å². The normalized spacial score (nSPS) is 16.3. The van der Waals surface area contributed by atoms with Crippen molar-refractivity contribution in [3.05, 3.63) is 150 Å². The molecule has 2 aliphatic rings. The lowest BCUT2D eigenvalue weighted by atomic mass is 9.71. The molecule has 4 aromatic rings. The highest BCUT2D eigenvalue weighted by Crippen LogP contribution is 2.54. The topological polar surface area (TPSA) is 28.2 Å². The van der Waals surface area contributed by atoms with Crippen molar-refractivity contribution in [2.75, 3.05) is 13.1 Å². The second-order valence-electron chi connectivity index (χ2n) is 13.3. The van der Waals surface area contributed by atoms with Crippen molar-refractivity contribution in [3.8, 4) is 11.1 Å². The van der Waals surface area contributed by atoms with E-state index in [1.54, 1.807) is 0 Å². The molecule has 6 rings (SSSR count). The van der Waals surface area contributed by atoms with Crippen LogP contribution in [0, 0.1) is 6.92 Å². The number of allylic oxidation sites excluding steroid dienone is 1. The smallest absolute Gasteiger partial charge is 0.379 e. The summed E-state index contributed by atoms with van der Waals surface area (Å²) in [5, 5.41) is 2.62. The first-order chi connectivity index (χ1) is 23.1. The quantitative estimate of drug-likeness (QED) is 0.127. The Hall–Kier alpha value is -4.16. The van der Waals surface area contributed by atoms with E-state index in [-0.39, 0.29) is 7.43 Å². The zero-order valence-electron chi connectivity index (χ0n) is 28.3. The molecule has 1 atom stereocenters. The van der Waals surface area contributed by atoms with Crippen molar-refractivity contribution < 1.29 is 13.2 Å². The Kier molecular flexibility index (Phi) is 13.0. The van der Waals surface area contributed by atoms with Crippen LogP contribution >= 0.6 is 0 Å². The molecular formula is C43H52F3N3. The standard InChI is InChI=1S/C27H27F3N2.C15H21N.CH4/c1-19-14-15-21(31-17-19)9-7-8-16-26(20(2)32-18-27(28,29)30)24-12-5-3-10-22(24)23-11-4-6-13-25(23)26;1-13(2)15-10-6-7-11-16(15)12-14-8-4-3-5-9-14;/h3-6,10-15,17,32H,2,7-9,16,18H2,1H3;3-5,8-9,15H,1,6-7,10-12H2,2H3;1H4. The molecule has 1 aliphatic heterocycles. The molecule has 0 radical (unpaired) electrons. The second-order valence-corrected chi connectivity index (χ2v) is 13.3. The number of aromatic nitrogens is 1. The van der Waals surface area contributed by atoms with E-state index < -0.39 is 18.1 Å². The number of nitrogens with zero attached hydrogens (tertiary/aromatic N) is 2. The third kappa shape index (κ3) is 9.30. The summed E-state index contributed by atoms with van der Waals surface area (Å²) in [5.41, 5.74) is 8.77. The summed E-state index contributed by atoms with van der Waals surface area (Å²) in [6.45, 7) is 13.6. The Morgan fingerprint density at radius 2 is 1.51 bits per heavy atom. The van der Waals surface area contributed by atoms with Crippen LogP contribution in [0.15, 0.2) is 122 Å². The molecule has 0 saturated carbocycles. The Morgan fingerprint density at radius 3 is 2.10 bits per heavy atom. The number of unbranched alkanes of at least 4 members (excludes halogenated alkanes) is 1. The molecule has 1 unspecified atom stereocenters. The number of piperidine rings is 1. The van der Waals surface area contributed by atoms with Crippen molar-refractivity contribution in [2.24, 2.45) is 0 Å². The fourth-order valence-electron chi connectivity index (χ4n) is 7.33. The van der Waals surface area contributed by atoms with Gasteiger partial charge in [0.2, 0.25) is 0 Å². The van der Waals surface area contributed by atoms with Crippen LogP contribution in [-0.2, 0) is 18.4 Å². The maximum atomic E-state index is 13.0. The lowest BCUT2D eigenvalue weighted by Gasteiger charge is -2.36. The highest BCUT2D eigenvalue weighted by atomic mass is 19.4. The Bertz CT molecular complexity index is 1610. The van der Waals surface area contributed by atoms with Gasteiger partial charge >= 0.3 is 6.18 Å². The van der Waals surface area contributed by atoms with Crippen LogP contribution in [-0.4, -0.2) is 35.2 Å². The summed E-state index contributed by atoms with van der Waals surface area (Å²) in [5.74, 6) is 0. The molecule has 1 N–H and O–H groups in total. The molecule has 1 aliphatic carbocycles. The molecular weight excluding hydrogens is 615 g/mol. The van der Waals surface area contributed by atoms with Gasteiger partial charge in [0.1, 0.15) is 6.54 Å². The third-order valence-corrected chi connectivity index (χ3v) is 9.70. The largest absolute Gasteiger partial charge is 0.405 e. The number of hydrogen-bond acceptors (Lipinski definition) is 3. The SMILES string of the molecule is C.C=C(C)C1CCCCN1Cc1ccccc1.C=C(NCC(F)(F)F)C1(CCCCc2ccc(C)cn2)c2ccccc2-c2ccccc21. The van der Waals surface area contributed by atoms with E-state index in [4.69, 9.17) is 0 Å². The van der Waals surface area contributed by atoms with Crippen molar-refractivity contribution >= 4 is 0 Å². The average Bonchev–Trinajstić information content (AvgIpc) is 3.37. The first-order valence-electron chi connectivity index (χ1n) is 17.1. The number of likely N-dealkylation sites (tertiary alicyclic amines) is 1. The second kappa shape index (κ2) is 17.0. The summed E-state index contributed by atoms with van der Waals surface area (Å²) in [4.78, 5) is 7.04. The predicted octanol–water partition coefficient (Wildman–Crippen LogP) is 11.0. The molecule has 1 fully saturated rings.